The first kappa shape index (κ1) is 18.5. The molecule has 0 atom stereocenters. The van der Waals surface area contributed by atoms with Gasteiger partial charge in [0.15, 0.2) is 0 Å². The highest BCUT2D eigenvalue weighted by atomic mass is 16.5. The molecule has 1 N–H and O–H groups in total. The topological polar surface area (TPSA) is 46.5 Å². The van der Waals surface area contributed by atoms with Crippen LogP contribution < -0.4 is 4.74 Å². The van der Waals surface area contributed by atoms with Gasteiger partial charge in [0.25, 0.3) is 0 Å². The number of ether oxygens (including phenoxy) is 1. The minimum atomic E-state index is -1.03. The van der Waals surface area contributed by atoms with Gasteiger partial charge in [0.05, 0.1) is 5.57 Å². The molecule has 0 radical (unpaired) electrons. The number of unbranched alkanes of at least 4 members (excludes halogenated alkanes) is 1. The van der Waals surface area contributed by atoms with Gasteiger partial charge in [-0.05, 0) is 47.8 Å². The largest absolute Gasteiger partial charge is 0.488 e. The van der Waals surface area contributed by atoms with E-state index in [1.807, 2.05) is 37.3 Å². The van der Waals surface area contributed by atoms with E-state index in [0.29, 0.717) is 12.2 Å². The summed E-state index contributed by atoms with van der Waals surface area (Å²) >= 11 is 0. The monoisotopic (exact) mass is 336 g/mol. The second-order valence-corrected chi connectivity index (χ2v) is 5.90. The number of hydrogen-bond acceptors (Lipinski definition) is 2. The Bertz CT molecular complexity index is 791. The molecule has 0 fully saturated rings. The third kappa shape index (κ3) is 4.18. The van der Waals surface area contributed by atoms with Gasteiger partial charge in [-0.3, -0.25) is 0 Å². The van der Waals surface area contributed by atoms with Crippen LogP contribution in [0.3, 0.4) is 0 Å². The van der Waals surface area contributed by atoms with Gasteiger partial charge in [-0.1, -0.05) is 56.9 Å². The normalized spacial score (nSPS) is 17.4. The summed E-state index contributed by atoms with van der Waals surface area (Å²) in [7, 11) is 0. The lowest BCUT2D eigenvalue weighted by Crippen LogP contribution is -2.00. The van der Waals surface area contributed by atoms with Gasteiger partial charge in [0.2, 0.25) is 0 Å². The Morgan fingerprint density at radius 2 is 2.12 bits per heavy atom. The molecule has 3 nitrogen and oxygen atoms in total. The third-order valence-electron chi connectivity index (χ3n) is 4.04. The molecule has 1 heterocycles. The van der Waals surface area contributed by atoms with Crippen LogP contribution in [0.1, 0.15) is 37.8 Å². The highest BCUT2D eigenvalue weighted by molar-refractivity contribution is 6.14. The zero-order valence-electron chi connectivity index (χ0n) is 14.8. The van der Waals surface area contributed by atoms with E-state index in [2.05, 4.69) is 26.2 Å². The van der Waals surface area contributed by atoms with Crippen molar-refractivity contribution >= 4 is 17.1 Å². The van der Waals surface area contributed by atoms with Gasteiger partial charge in [-0.15, -0.1) is 0 Å². The molecular weight excluding hydrogens is 312 g/mol. The Morgan fingerprint density at radius 3 is 2.76 bits per heavy atom. The molecule has 1 aromatic carbocycles. The van der Waals surface area contributed by atoms with Crippen LogP contribution in [0.5, 0.6) is 5.75 Å². The Hall–Kier alpha value is -2.81. The smallest absolute Gasteiger partial charge is 0.335 e. The van der Waals surface area contributed by atoms with Crippen LogP contribution in [-0.4, -0.2) is 17.7 Å². The van der Waals surface area contributed by atoms with Crippen molar-refractivity contribution in [3.05, 3.63) is 77.9 Å². The molecule has 0 amide bonds. The fourth-order valence-electron chi connectivity index (χ4n) is 2.66. The lowest BCUT2D eigenvalue weighted by atomic mass is 9.90. The SMILES string of the molecule is C=C1COc2ccc(C(=C)C(=O)O)cc2C(=C/CCC)/C1=C/C=C\C. The minimum Gasteiger partial charge on any atom is -0.488 e. The summed E-state index contributed by atoms with van der Waals surface area (Å²) in [6.07, 6.45) is 10.1. The fraction of sp³-hybridized carbons (Fsp3) is 0.227. The molecule has 25 heavy (non-hydrogen) atoms. The van der Waals surface area contributed by atoms with Crippen molar-refractivity contribution in [2.24, 2.45) is 0 Å². The van der Waals surface area contributed by atoms with E-state index in [9.17, 15) is 9.90 Å². The number of fused-ring (bicyclic) bond motifs is 1. The molecule has 1 aliphatic rings. The van der Waals surface area contributed by atoms with E-state index < -0.39 is 5.97 Å². The molecule has 1 aliphatic heterocycles. The van der Waals surface area contributed by atoms with Gasteiger partial charge in [-0.2, -0.15) is 0 Å². The predicted octanol–water partition coefficient (Wildman–Crippen LogP) is 5.42. The van der Waals surface area contributed by atoms with Crippen LogP contribution in [0, 0.1) is 0 Å². The number of hydrogen-bond donors (Lipinski definition) is 1. The van der Waals surface area contributed by atoms with Crippen LogP contribution in [0.2, 0.25) is 0 Å². The molecule has 0 bridgehead atoms. The number of carboxylic acid groups (broad SMARTS) is 1. The van der Waals surface area contributed by atoms with Crippen molar-refractivity contribution in [2.75, 3.05) is 6.61 Å². The number of carboxylic acids is 1. The molecular formula is C22H24O3. The van der Waals surface area contributed by atoms with E-state index in [0.717, 1.165) is 40.9 Å². The van der Waals surface area contributed by atoms with Gasteiger partial charge >= 0.3 is 5.97 Å². The Morgan fingerprint density at radius 1 is 1.36 bits per heavy atom. The van der Waals surface area contributed by atoms with E-state index in [4.69, 9.17) is 4.74 Å². The van der Waals surface area contributed by atoms with Crippen LogP contribution in [-0.2, 0) is 4.79 Å². The summed E-state index contributed by atoms with van der Waals surface area (Å²) in [5.41, 5.74) is 4.47. The maximum absolute atomic E-state index is 11.3. The number of allylic oxidation sites excluding steroid dienone is 5. The maximum atomic E-state index is 11.3. The standard InChI is InChI=1S/C22H24O3/c1-5-7-9-18-15(3)14-25-21-12-11-17(16(4)22(23)24)13-20(21)19(18)10-8-6-2/h5,7,9-13H,3-4,6,8,14H2,1-2H3,(H,23,24)/b7-5-,18-9+,19-10+. The first-order valence-electron chi connectivity index (χ1n) is 8.41. The van der Waals surface area contributed by atoms with Crippen molar-refractivity contribution in [2.45, 2.75) is 26.7 Å². The second-order valence-electron chi connectivity index (χ2n) is 5.90. The molecule has 0 saturated heterocycles. The van der Waals surface area contributed by atoms with Gasteiger partial charge in [0.1, 0.15) is 12.4 Å². The van der Waals surface area contributed by atoms with E-state index in [-0.39, 0.29) is 5.57 Å². The van der Waals surface area contributed by atoms with Gasteiger partial charge < -0.3 is 9.84 Å². The molecule has 1 aromatic rings. The summed E-state index contributed by atoms with van der Waals surface area (Å²) in [6, 6.07) is 5.38. The molecule has 0 saturated carbocycles. The summed E-state index contributed by atoms with van der Waals surface area (Å²) in [5, 5.41) is 9.23. The van der Waals surface area contributed by atoms with Crippen LogP contribution in [0.4, 0.5) is 0 Å². The van der Waals surface area contributed by atoms with Crippen LogP contribution in [0.25, 0.3) is 11.1 Å². The predicted molar refractivity (Wildman–Crippen MR) is 104 cm³/mol. The van der Waals surface area contributed by atoms with Crippen molar-refractivity contribution in [3.63, 3.8) is 0 Å². The molecule has 0 unspecified atom stereocenters. The van der Waals surface area contributed by atoms with Gasteiger partial charge in [-0.25, -0.2) is 4.79 Å². The zero-order valence-corrected chi connectivity index (χ0v) is 14.8. The van der Waals surface area contributed by atoms with Gasteiger partial charge in [0, 0.05) is 5.56 Å². The Balaban J connectivity index is 2.66. The van der Waals surface area contributed by atoms with Crippen molar-refractivity contribution in [1.82, 2.24) is 0 Å². The minimum absolute atomic E-state index is 0.0692. The van der Waals surface area contributed by atoms with Crippen molar-refractivity contribution in [3.8, 4) is 5.75 Å². The van der Waals surface area contributed by atoms with E-state index in [1.54, 1.807) is 6.07 Å². The molecule has 3 heteroatoms. The molecule has 0 spiro atoms. The average molecular weight is 336 g/mol. The van der Waals surface area contributed by atoms with E-state index >= 15 is 0 Å². The summed E-state index contributed by atoms with van der Waals surface area (Å²) < 4.78 is 5.89. The second kappa shape index (κ2) is 8.34. The van der Waals surface area contributed by atoms with Crippen molar-refractivity contribution in [1.29, 1.82) is 0 Å². The summed E-state index contributed by atoms with van der Waals surface area (Å²) in [6.45, 7) is 12.3. The number of carbonyl (C=O) groups is 1. The summed E-state index contributed by atoms with van der Waals surface area (Å²) in [4.78, 5) is 11.3. The highest BCUT2D eigenvalue weighted by Gasteiger charge is 2.21. The third-order valence-corrected chi connectivity index (χ3v) is 4.04. The van der Waals surface area contributed by atoms with Crippen LogP contribution in [0.15, 0.2) is 66.8 Å². The molecule has 0 aliphatic carbocycles. The first-order chi connectivity index (χ1) is 12.0. The molecule has 2 rings (SSSR count). The zero-order chi connectivity index (χ0) is 18.4. The molecule has 0 aromatic heterocycles. The summed E-state index contributed by atoms with van der Waals surface area (Å²) in [5.74, 6) is -0.294. The fourth-order valence-corrected chi connectivity index (χ4v) is 2.66. The number of benzene rings is 1. The van der Waals surface area contributed by atoms with Crippen molar-refractivity contribution < 1.29 is 14.6 Å². The Labute approximate surface area is 149 Å². The average Bonchev–Trinajstić information content (AvgIpc) is 2.73. The lowest BCUT2D eigenvalue weighted by molar-refractivity contribution is -0.130. The Kier molecular flexibility index (Phi) is 6.18. The first-order valence-corrected chi connectivity index (χ1v) is 8.41. The molecule has 130 valence electrons. The quantitative estimate of drug-likeness (QED) is 0.730. The highest BCUT2D eigenvalue weighted by Crippen LogP contribution is 2.39. The number of aliphatic carboxylic acids is 1. The number of rotatable bonds is 5. The van der Waals surface area contributed by atoms with E-state index in [1.165, 1.54) is 0 Å². The maximum Gasteiger partial charge on any atom is 0.335 e. The van der Waals surface area contributed by atoms with Crippen LogP contribution >= 0.6 is 0 Å². The lowest BCUT2D eigenvalue weighted by Gasteiger charge is -2.13.